The average molecular weight is 394 g/mol. The van der Waals surface area contributed by atoms with E-state index in [0.29, 0.717) is 26.3 Å². The van der Waals surface area contributed by atoms with Crippen LogP contribution in [0.15, 0.2) is 30.3 Å². The fourth-order valence-corrected chi connectivity index (χ4v) is 2.53. The molecule has 1 atom stereocenters. The third-order valence-corrected chi connectivity index (χ3v) is 3.78. The number of ether oxygens (including phenoxy) is 2. The molecule has 1 aromatic carbocycles. The molecule has 2 N–H and O–H groups in total. The van der Waals surface area contributed by atoms with Crippen molar-refractivity contribution in [2.45, 2.75) is 12.6 Å². The van der Waals surface area contributed by atoms with Gasteiger partial charge in [-0.1, -0.05) is 30.3 Å². The van der Waals surface area contributed by atoms with E-state index in [9.17, 15) is 4.79 Å². The summed E-state index contributed by atoms with van der Waals surface area (Å²) in [7, 11) is 1.67. The van der Waals surface area contributed by atoms with Gasteiger partial charge in [-0.05, 0) is 5.56 Å². The fraction of sp³-hybridized carbons (Fsp3) is 0.588. The third-order valence-electron chi connectivity index (χ3n) is 3.78. The van der Waals surface area contributed by atoms with Gasteiger partial charge in [0, 0.05) is 46.4 Å². The van der Waals surface area contributed by atoms with Gasteiger partial charge in [-0.3, -0.25) is 9.69 Å². The van der Waals surface area contributed by atoms with Crippen molar-refractivity contribution in [2.75, 3.05) is 53.0 Å². The lowest BCUT2D eigenvalue weighted by molar-refractivity contribution is -0.138. The number of benzene rings is 1. The molecule has 144 valence electrons. The van der Waals surface area contributed by atoms with Crippen molar-refractivity contribution < 1.29 is 14.3 Å². The molecular formula is C17H29Cl2N3O3. The minimum Gasteiger partial charge on any atom is -0.383 e. The average Bonchev–Trinajstić information content (AvgIpc) is 2.59. The van der Waals surface area contributed by atoms with Crippen LogP contribution >= 0.6 is 24.8 Å². The van der Waals surface area contributed by atoms with E-state index in [1.54, 1.807) is 7.11 Å². The molecule has 1 heterocycles. The molecule has 25 heavy (non-hydrogen) atoms. The molecular weight excluding hydrogens is 365 g/mol. The third kappa shape index (κ3) is 9.39. The summed E-state index contributed by atoms with van der Waals surface area (Å²) < 4.78 is 10.6. The topological polar surface area (TPSA) is 62.8 Å². The minimum absolute atomic E-state index is 0. The number of nitrogens with one attached hydrogen (secondary N) is 2. The first-order chi connectivity index (χ1) is 11.3. The van der Waals surface area contributed by atoms with E-state index in [4.69, 9.17) is 9.47 Å². The van der Waals surface area contributed by atoms with Crippen molar-refractivity contribution in [1.29, 1.82) is 0 Å². The summed E-state index contributed by atoms with van der Waals surface area (Å²) in [5.41, 5.74) is 1.26. The summed E-state index contributed by atoms with van der Waals surface area (Å²) in [4.78, 5) is 14.4. The van der Waals surface area contributed by atoms with Crippen LogP contribution < -0.4 is 10.6 Å². The van der Waals surface area contributed by atoms with Crippen molar-refractivity contribution >= 4 is 30.7 Å². The van der Waals surface area contributed by atoms with Crippen LogP contribution in [-0.4, -0.2) is 70.0 Å². The molecule has 0 saturated carbocycles. The number of carbonyl (C=O) groups is 1. The summed E-state index contributed by atoms with van der Waals surface area (Å²) >= 11 is 0. The fourth-order valence-electron chi connectivity index (χ4n) is 2.53. The maximum absolute atomic E-state index is 12.2. The second-order valence-electron chi connectivity index (χ2n) is 5.61. The van der Waals surface area contributed by atoms with Gasteiger partial charge in [0.15, 0.2) is 0 Å². The van der Waals surface area contributed by atoms with Gasteiger partial charge in [-0.25, -0.2) is 0 Å². The Morgan fingerprint density at radius 1 is 1.24 bits per heavy atom. The molecule has 8 heteroatoms. The molecule has 0 spiro atoms. The molecule has 0 aliphatic carbocycles. The Labute approximate surface area is 162 Å². The van der Waals surface area contributed by atoms with Gasteiger partial charge in [0.25, 0.3) is 5.91 Å². The smallest absolute Gasteiger partial charge is 0.250 e. The highest BCUT2D eigenvalue weighted by Crippen LogP contribution is 2.10. The Balaban J connectivity index is 0.00000288. The van der Waals surface area contributed by atoms with Crippen LogP contribution in [0.4, 0.5) is 0 Å². The molecule has 1 aliphatic rings. The summed E-state index contributed by atoms with van der Waals surface area (Å²) in [6, 6.07) is 10.3. The van der Waals surface area contributed by atoms with Crippen molar-refractivity contribution in [3.8, 4) is 0 Å². The van der Waals surface area contributed by atoms with E-state index >= 15 is 0 Å². The lowest BCUT2D eigenvalue weighted by atomic mass is 10.2. The number of hydrogen-bond donors (Lipinski definition) is 2. The molecule has 0 aromatic heterocycles. The second kappa shape index (κ2) is 14.3. The lowest BCUT2D eigenvalue weighted by Crippen LogP contribution is -2.50. The number of halogens is 2. The van der Waals surface area contributed by atoms with Gasteiger partial charge in [-0.15, -0.1) is 24.8 Å². The number of rotatable bonds is 9. The van der Waals surface area contributed by atoms with Gasteiger partial charge in [0.05, 0.1) is 13.2 Å². The van der Waals surface area contributed by atoms with Crippen molar-refractivity contribution in [2.24, 2.45) is 0 Å². The molecule has 0 radical (unpaired) electrons. The van der Waals surface area contributed by atoms with Crippen LogP contribution in [0.3, 0.4) is 0 Å². The van der Waals surface area contributed by atoms with E-state index in [1.807, 2.05) is 18.2 Å². The molecule has 1 aliphatic heterocycles. The minimum atomic E-state index is -0.383. The van der Waals surface area contributed by atoms with E-state index in [1.165, 1.54) is 5.56 Å². The Morgan fingerprint density at radius 2 is 2.00 bits per heavy atom. The summed E-state index contributed by atoms with van der Waals surface area (Å²) in [6.07, 6.45) is -0.383. The predicted molar refractivity (Wildman–Crippen MR) is 104 cm³/mol. The van der Waals surface area contributed by atoms with E-state index in [0.717, 1.165) is 26.2 Å². The number of carbonyl (C=O) groups excluding carboxylic acids is 1. The number of amides is 1. The standard InChI is InChI=1S/C17H27N3O3.2ClH/c1-22-11-9-18-7-8-19-17(21)16-14-20(10-12-23-16)13-15-5-3-2-4-6-15;;/h2-6,16,18H,7-14H2,1H3,(H,19,21);2*1H. The summed E-state index contributed by atoms with van der Waals surface area (Å²) in [6.45, 7) is 5.74. The summed E-state index contributed by atoms with van der Waals surface area (Å²) in [5, 5.41) is 6.11. The molecule has 1 unspecified atom stereocenters. The first kappa shape index (κ1) is 24.1. The van der Waals surface area contributed by atoms with E-state index < -0.39 is 0 Å². The maximum atomic E-state index is 12.2. The maximum Gasteiger partial charge on any atom is 0.250 e. The quantitative estimate of drug-likeness (QED) is 0.614. The highest BCUT2D eigenvalue weighted by atomic mass is 35.5. The van der Waals surface area contributed by atoms with Crippen LogP contribution in [0, 0.1) is 0 Å². The van der Waals surface area contributed by atoms with Crippen molar-refractivity contribution in [3.63, 3.8) is 0 Å². The zero-order valence-electron chi connectivity index (χ0n) is 14.6. The SMILES string of the molecule is COCCNCCNC(=O)C1CN(Cc2ccccc2)CCO1.Cl.Cl. The number of nitrogens with zero attached hydrogens (tertiary/aromatic N) is 1. The van der Waals surface area contributed by atoms with Crippen molar-refractivity contribution in [1.82, 2.24) is 15.5 Å². The number of methoxy groups -OCH3 is 1. The van der Waals surface area contributed by atoms with Crippen LogP contribution in [0.25, 0.3) is 0 Å². The number of hydrogen-bond acceptors (Lipinski definition) is 5. The molecule has 1 saturated heterocycles. The molecule has 0 bridgehead atoms. The molecule has 1 fully saturated rings. The molecule has 6 nitrogen and oxygen atoms in total. The number of morpholine rings is 1. The zero-order valence-corrected chi connectivity index (χ0v) is 16.2. The highest BCUT2D eigenvalue weighted by molar-refractivity contribution is 5.85. The Hall–Kier alpha value is -0.890. The molecule has 1 amide bonds. The van der Waals surface area contributed by atoms with Gasteiger partial charge < -0.3 is 20.1 Å². The monoisotopic (exact) mass is 393 g/mol. The van der Waals surface area contributed by atoms with Gasteiger partial charge in [0.2, 0.25) is 0 Å². The summed E-state index contributed by atoms with van der Waals surface area (Å²) in [5.74, 6) is -0.0312. The zero-order chi connectivity index (χ0) is 16.3. The predicted octanol–water partition coefficient (Wildman–Crippen LogP) is 1.08. The first-order valence-corrected chi connectivity index (χ1v) is 8.15. The highest BCUT2D eigenvalue weighted by Gasteiger charge is 2.26. The van der Waals surface area contributed by atoms with Gasteiger partial charge in [-0.2, -0.15) is 0 Å². The second-order valence-corrected chi connectivity index (χ2v) is 5.61. The van der Waals surface area contributed by atoms with Crippen molar-refractivity contribution in [3.05, 3.63) is 35.9 Å². The van der Waals surface area contributed by atoms with Crippen LogP contribution in [0.1, 0.15) is 5.56 Å². The van der Waals surface area contributed by atoms with Gasteiger partial charge >= 0.3 is 0 Å². The van der Waals surface area contributed by atoms with E-state index in [2.05, 4.69) is 27.7 Å². The largest absolute Gasteiger partial charge is 0.383 e. The Kier molecular flexibility index (Phi) is 13.8. The van der Waals surface area contributed by atoms with E-state index in [-0.39, 0.29) is 36.8 Å². The van der Waals surface area contributed by atoms with Crippen LogP contribution in [-0.2, 0) is 20.8 Å². The normalized spacial score (nSPS) is 17.2. The van der Waals surface area contributed by atoms with Gasteiger partial charge in [0.1, 0.15) is 6.10 Å². The van der Waals surface area contributed by atoms with Crippen LogP contribution in [0.5, 0.6) is 0 Å². The Morgan fingerprint density at radius 3 is 2.72 bits per heavy atom. The molecule has 1 aromatic rings. The first-order valence-electron chi connectivity index (χ1n) is 8.15. The lowest BCUT2D eigenvalue weighted by Gasteiger charge is -2.32. The Bertz CT molecular complexity index is 466. The molecule has 2 rings (SSSR count). The van der Waals surface area contributed by atoms with Crippen LogP contribution in [0.2, 0.25) is 0 Å².